The zero-order valence-corrected chi connectivity index (χ0v) is 11.5. The highest BCUT2D eigenvalue weighted by atomic mass is 16.6. The van der Waals surface area contributed by atoms with Crippen molar-refractivity contribution in [2.45, 2.75) is 6.54 Å². The van der Waals surface area contributed by atoms with Crippen LogP contribution in [0.4, 0.5) is 5.69 Å². The number of nitro groups is 1. The van der Waals surface area contributed by atoms with Crippen molar-refractivity contribution in [1.29, 1.82) is 0 Å². The molecule has 22 heavy (non-hydrogen) atoms. The van der Waals surface area contributed by atoms with Crippen LogP contribution in [-0.2, 0) is 6.54 Å². The molecule has 2 N–H and O–H groups in total. The van der Waals surface area contributed by atoms with Crippen molar-refractivity contribution in [3.05, 3.63) is 64.2 Å². The fourth-order valence-corrected chi connectivity index (χ4v) is 2.02. The van der Waals surface area contributed by atoms with Crippen molar-refractivity contribution in [1.82, 2.24) is 10.1 Å². The molecule has 3 aromatic rings. The maximum absolute atomic E-state index is 10.6. The number of non-ortho nitro benzene ring substituents is 1. The molecule has 3 rings (SSSR count). The molecule has 0 bridgehead atoms. The van der Waals surface area contributed by atoms with E-state index in [0.29, 0.717) is 23.8 Å². The SMILES string of the molecule is NCc1cccc(-c2nc(-c3ccc([N+](=O)[O-])cc3)no2)c1. The third-order valence-corrected chi connectivity index (χ3v) is 3.17. The summed E-state index contributed by atoms with van der Waals surface area (Å²) in [6.07, 6.45) is 0. The van der Waals surface area contributed by atoms with Gasteiger partial charge < -0.3 is 10.3 Å². The largest absolute Gasteiger partial charge is 0.334 e. The van der Waals surface area contributed by atoms with Crippen LogP contribution in [0.15, 0.2) is 53.1 Å². The van der Waals surface area contributed by atoms with E-state index in [0.717, 1.165) is 11.1 Å². The first-order valence-corrected chi connectivity index (χ1v) is 6.55. The van der Waals surface area contributed by atoms with Crippen LogP contribution in [0, 0.1) is 10.1 Å². The quantitative estimate of drug-likeness (QED) is 0.585. The molecule has 110 valence electrons. The molecule has 0 aliphatic carbocycles. The number of benzene rings is 2. The Morgan fingerprint density at radius 2 is 1.91 bits per heavy atom. The van der Waals surface area contributed by atoms with E-state index in [-0.39, 0.29) is 5.69 Å². The van der Waals surface area contributed by atoms with Crippen LogP contribution in [0.2, 0.25) is 0 Å². The Morgan fingerprint density at radius 3 is 2.59 bits per heavy atom. The lowest BCUT2D eigenvalue weighted by molar-refractivity contribution is -0.384. The number of nitrogens with zero attached hydrogens (tertiary/aromatic N) is 3. The van der Waals surface area contributed by atoms with Gasteiger partial charge in [-0.25, -0.2) is 0 Å². The van der Waals surface area contributed by atoms with E-state index in [9.17, 15) is 10.1 Å². The number of hydrogen-bond acceptors (Lipinski definition) is 6. The minimum absolute atomic E-state index is 0.0168. The monoisotopic (exact) mass is 296 g/mol. The van der Waals surface area contributed by atoms with Gasteiger partial charge in [0.25, 0.3) is 11.6 Å². The normalized spacial score (nSPS) is 10.6. The first-order valence-electron chi connectivity index (χ1n) is 6.55. The second-order valence-corrected chi connectivity index (χ2v) is 4.63. The van der Waals surface area contributed by atoms with Gasteiger partial charge in [-0.05, 0) is 29.8 Å². The third-order valence-electron chi connectivity index (χ3n) is 3.17. The summed E-state index contributed by atoms with van der Waals surface area (Å²) in [7, 11) is 0. The van der Waals surface area contributed by atoms with E-state index >= 15 is 0 Å². The van der Waals surface area contributed by atoms with E-state index in [1.807, 2.05) is 24.3 Å². The third kappa shape index (κ3) is 2.70. The van der Waals surface area contributed by atoms with Crippen LogP contribution >= 0.6 is 0 Å². The molecule has 0 fully saturated rings. The molecule has 1 heterocycles. The summed E-state index contributed by atoms with van der Waals surface area (Å²) < 4.78 is 5.25. The molecule has 0 atom stereocenters. The maximum atomic E-state index is 10.6. The highest BCUT2D eigenvalue weighted by Crippen LogP contribution is 2.24. The first kappa shape index (κ1) is 13.9. The first-order chi connectivity index (χ1) is 10.7. The molecule has 0 spiro atoms. The lowest BCUT2D eigenvalue weighted by Crippen LogP contribution is -1.95. The van der Waals surface area contributed by atoms with Gasteiger partial charge >= 0.3 is 0 Å². The summed E-state index contributed by atoms with van der Waals surface area (Å²) in [4.78, 5) is 14.5. The summed E-state index contributed by atoms with van der Waals surface area (Å²) in [5, 5.41) is 14.5. The highest BCUT2D eigenvalue weighted by Gasteiger charge is 2.12. The predicted octanol–water partition coefficient (Wildman–Crippen LogP) is 2.77. The van der Waals surface area contributed by atoms with E-state index in [1.54, 1.807) is 12.1 Å². The van der Waals surface area contributed by atoms with Crippen LogP contribution in [0.5, 0.6) is 0 Å². The fourth-order valence-electron chi connectivity index (χ4n) is 2.02. The summed E-state index contributed by atoms with van der Waals surface area (Å²) in [5.74, 6) is 0.756. The van der Waals surface area contributed by atoms with Crippen molar-refractivity contribution >= 4 is 5.69 Å². The van der Waals surface area contributed by atoms with Crippen molar-refractivity contribution in [3.63, 3.8) is 0 Å². The van der Waals surface area contributed by atoms with Gasteiger partial charge in [-0.3, -0.25) is 10.1 Å². The molecule has 0 aliphatic rings. The zero-order valence-electron chi connectivity index (χ0n) is 11.5. The average molecular weight is 296 g/mol. The van der Waals surface area contributed by atoms with Crippen molar-refractivity contribution in [2.75, 3.05) is 0 Å². The minimum atomic E-state index is -0.455. The lowest BCUT2D eigenvalue weighted by Gasteiger charge is -1.98. The van der Waals surface area contributed by atoms with Crippen molar-refractivity contribution < 1.29 is 9.45 Å². The Balaban J connectivity index is 1.91. The van der Waals surface area contributed by atoms with E-state index in [1.165, 1.54) is 12.1 Å². The van der Waals surface area contributed by atoms with Gasteiger partial charge in [-0.15, -0.1) is 0 Å². The average Bonchev–Trinajstić information content (AvgIpc) is 3.05. The van der Waals surface area contributed by atoms with Gasteiger partial charge in [0.15, 0.2) is 0 Å². The molecule has 7 heteroatoms. The van der Waals surface area contributed by atoms with Gasteiger partial charge in [0.1, 0.15) is 0 Å². The molecule has 1 aromatic heterocycles. The Morgan fingerprint density at radius 1 is 1.14 bits per heavy atom. The van der Waals surface area contributed by atoms with Gasteiger partial charge in [0.2, 0.25) is 5.82 Å². The van der Waals surface area contributed by atoms with Crippen LogP contribution in [0.25, 0.3) is 22.8 Å². The maximum Gasteiger partial charge on any atom is 0.269 e. The van der Waals surface area contributed by atoms with Gasteiger partial charge in [0, 0.05) is 29.8 Å². The van der Waals surface area contributed by atoms with E-state index in [2.05, 4.69) is 10.1 Å². The lowest BCUT2D eigenvalue weighted by atomic mass is 10.1. The molecule has 2 aromatic carbocycles. The molecule has 0 saturated heterocycles. The summed E-state index contributed by atoms with van der Waals surface area (Å²) in [5.41, 5.74) is 8.02. The predicted molar refractivity (Wildman–Crippen MR) is 79.7 cm³/mol. The molecule has 0 unspecified atom stereocenters. The Hall–Kier alpha value is -3.06. The number of aromatic nitrogens is 2. The molecule has 0 amide bonds. The number of hydrogen-bond donors (Lipinski definition) is 1. The van der Waals surface area contributed by atoms with Crippen molar-refractivity contribution in [2.24, 2.45) is 5.73 Å². The van der Waals surface area contributed by atoms with Gasteiger partial charge in [0.05, 0.1) is 4.92 Å². The number of nitro benzene ring substituents is 1. The molecule has 0 radical (unpaired) electrons. The molecular weight excluding hydrogens is 284 g/mol. The van der Waals surface area contributed by atoms with Crippen LogP contribution in [0.1, 0.15) is 5.56 Å². The number of rotatable bonds is 4. The Kier molecular flexibility index (Phi) is 3.63. The fraction of sp³-hybridized carbons (Fsp3) is 0.0667. The van der Waals surface area contributed by atoms with Gasteiger partial charge in [-0.1, -0.05) is 17.3 Å². The smallest absolute Gasteiger partial charge is 0.269 e. The van der Waals surface area contributed by atoms with Crippen molar-refractivity contribution in [3.8, 4) is 22.8 Å². The van der Waals surface area contributed by atoms with Crippen LogP contribution < -0.4 is 5.73 Å². The zero-order chi connectivity index (χ0) is 15.5. The summed E-state index contributed by atoms with van der Waals surface area (Å²) in [6, 6.07) is 13.5. The van der Waals surface area contributed by atoms with Crippen LogP contribution in [-0.4, -0.2) is 15.1 Å². The molecule has 0 saturated carbocycles. The highest BCUT2D eigenvalue weighted by molar-refractivity contribution is 5.61. The van der Waals surface area contributed by atoms with E-state index < -0.39 is 4.92 Å². The standard InChI is InChI=1S/C15H12N4O3/c16-9-10-2-1-3-12(8-10)15-17-14(18-22-15)11-4-6-13(7-5-11)19(20)21/h1-8H,9,16H2. The topological polar surface area (TPSA) is 108 Å². The minimum Gasteiger partial charge on any atom is -0.334 e. The Bertz CT molecular complexity index is 812. The molecule has 7 nitrogen and oxygen atoms in total. The second-order valence-electron chi connectivity index (χ2n) is 4.63. The van der Waals surface area contributed by atoms with Crippen LogP contribution in [0.3, 0.4) is 0 Å². The number of nitrogens with two attached hydrogens (primary N) is 1. The summed E-state index contributed by atoms with van der Waals surface area (Å²) in [6.45, 7) is 0.428. The second kappa shape index (κ2) is 5.74. The molecular formula is C15H12N4O3. The van der Waals surface area contributed by atoms with Gasteiger partial charge in [-0.2, -0.15) is 4.98 Å². The van der Waals surface area contributed by atoms with E-state index in [4.69, 9.17) is 10.3 Å². The Labute approximate surface area is 125 Å². The molecule has 0 aliphatic heterocycles. The summed E-state index contributed by atoms with van der Waals surface area (Å²) >= 11 is 0.